The van der Waals surface area contributed by atoms with Gasteiger partial charge in [-0.1, -0.05) is 140 Å². The van der Waals surface area contributed by atoms with Crippen LogP contribution in [0.15, 0.2) is 168 Å². The first-order chi connectivity index (χ1) is 23.3. The summed E-state index contributed by atoms with van der Waals surface area (Å²) in [6.07, 6.45) is 0. The second kappa shape index (κ2) is 11.2. The average Bonchev–Trinajstić information content (AvgIpc) is 3.53. The van der Waals surface area contributed by atoms with E-state index in [2.05, 4.69) is 103 Å². The van der Waals surface area contributed by atoms with Gasteiger partial charge in [0.1, 0.15) is 11.2 Å². The molecule has 0 saturated heterocycles. The smallest absolute Gasteiger partial charge is 0.164 e. The third kappa shape index (κ3) is 4.84. The maximum Gasteiger partial charge on any atom is 0.164 e. The Morgan fingerprint density at radius 2 is 0.830 bits per heavy atom. The topological polar surface area (TPSA) is 51.8 Å². The zero-order valence-corrected chi connectivity index (χ0v) is 25.3. The lowest BCUT2D eigenvalue weighted by Gasteiger charge is -2.09. The Kier molecular flexibility index (Phi) is 6.43. The molecule has 0 atom stereocenters. The van der Waals surface area contributed by atoms with Crippen molar-refractivity contribution in [1.29, 1.82) is 0 Å². The molecule has 2 heterocycles. The van der Waals surface area contributed by atoms with E-state index in [4.69, 9.17) is 19.4 Å². The van der Waals surface area contributed by atoms with Crippen molar-refractivity contribution in [2.24, 2.45) is 0 Å². The highest BCUT2D eigenvalue weighted by molar-refractivity contribution is 6.19. The monoisotopic (exact) mass is 601 g/mol. The summed E-state index contributed by atoms with van der Waals surface area (Å²) in [7, 11) is 0. The lowest BCUT2D eigenvalue weighted by molar-refractivity contribution is 0.673. The highest BCUT2D eigenvalue weighted by Crippen LogP contribution is 2.41. The Balaban J connectivity index is 1.17. The summed E-state index contributed by atoms with van der Waals surface area (Å²) < 4.78 is 6.63. The second-order valence-corrected chi connectivity index (χ2v) is 11.6. The summed E-state index contributed by atoms with van der Waals surface area (Å²) in [5.41, 5.74) is 9.10. The van der Waals surface area contributed by atoms with Crippen LogP contribution in [0.5, 0.6) is 0 Å². The van der Waals surface area contributed by atoms with Gasteiger partial charge in [-0.2, -0.15) is 0 Å². The maximum atomic E-state index is 6.63. The Labute approximate surface area is 271 Å². The van der Waals surface area contributed by atoms with Crippen molar-refractivity contribution in [2.45, 2.75) is 0 Å². The van der Waals surface area contributed by atoms with E-state index in [0.717, 1.165) is 55.1 Å². The molecule has 0 N–H and O–H groups in total. The number of rotatable bonds is 5. The fourth-order valence-electron chi connectivity index (χ4n) is 6.41. The minimum Gasteiger partial charge on any atom is -0.455 e. The molecular weight excluding hydrogens is 574 g/mol. The Bertz CT molecular complexity index is 2500. The highest BCUT2D eigenvalue weighted by Gasteiger charge is 2.16. The number of benzene rings is 7. The summed E-state index contributed by atoms with van der Waals surface area (Å²) in [5, 5.41) is 4.51. The molecule has 0 radical (unpaired) electrons. The first kappa shape index (κ1) is 27.0. The fraction of sp³-hybridized carbons (Fsp3) is 0. The minimum absolute atomic E-state index is 0.629. The van der Waals surface area contributed by atoms with Gasteiger partial charge in [0.2, 0.25) is 0 Å². The molecule has 0 aliphatic rings. The minimum atomic E-state index is 0.629. The summed E-state index contributed by atoms with van der Waals surface area (Å²) in [6, 6.07) is 56.3. The van der Waals surface area contributed by atoms with Crippen LogP contribution < -0.4 is 0 Å². The third-order valence-electron chi connectivity index (χ3n) is 8.72. The quantitative estimate of drug-likeness (QED) is 0.197. The molecule has 2 aromatic heterocycles. The Hall–Kier alpha value is -6.39. The van der Waals surface area contributed by atoms with Gasteiger partial charge in [-0.05, 0) is 51.9 Å². The standard InChI is InChI=1S/C43H27N3O/c1-4-13-28(14-5-1)37-27-38-35-24-23-32(26-39(35)47-40(38)36-22-11-10-21-34(36)37)31-19-12-20-33(25-31)43-45-41(29-15-6-2-7-16-29)44-42(46-43)30-17-8-3-9-18-30/h1-27H. The van der Waals surface area contributed by atoms with Crippen LogP contribution in [0.3, 0.4) is 0 Å². The van der Waals surface area contributed by atoms with Gasteiger partial charge in [-0.25, -0.2) is 15.0 Å². The van der Waals surface area contributed by atoms with Crippen LogP contribution in [0.2, 0.25) is 0 Å². The molecule has 0 fully saturated rings. The molecule has 0 saturated carbocycles. The van der Waals surface area contributed by atoms with E-state index in [1.54, 1.807) is 0 Å². The summed E-state index contributed by atoms with van der Waals surface area (Å²) in [6.45, 7) is 0. The number of fused-ring (bicyclic) bond motifs is 5. The summed E-state index contributed by atoms with van der Waals surface area (Å²) >= 11 is 0. The van der Waals surface area contributed by atoms with Gasteiger partial charge in [0.25, 0.3) is 0 Å². The number of aromatic nitrogens is 3. The summed E-state index contributed by atoms with van der Waals surface area (Å²) in [4.78, 5) is 14.7. The molecule has 0 spiro atoms. The van der Waals surface area contributed by atoms with Gasteiger partial charge in [-0.15, -0.1) is 0 Å². The lowest BCUT2D eigenvalue weighted by Crippen LogP contribution is -2.00. The largest absolute Gasteiger partial charge is 0.455 e. The van der Waals surface area contributed by atoms with Crippen molar-refractivity contribution in [2.75, 3.05) is 0 Å². The molecular formula is C43H27N3O. The zero-order valence-electron chi connectivity index (χ0n) is 25.3. The third-order valence-corrected chi connectivity index (χ3v) is 8.72. The van der Waals surface area contributed by atoms with Crippen LogP contribution in [0.1, 0.15) is 0 Å². The molecule has 9 aromatic rings. The van der Waals surface area contributed by atoms with E-state index < -0.39 is 0 Å². The van der Waals surface area contributed by atoms with Crippen LogP contribution in [-0.4, -0.2) is 15.0 Å². The molecule has 0 amide bonds. The van der Waals surface area contributed by atoms with Gasteiger partial charge >= 0.3 is 0 Å². The average molecular weight is 602 g/mol. The van der Waals surface area contributed by atoms with Crippen LogP contribution in [0.25, 0.3) is 89.1 Å². The van der Waals surface area contributed by atoms with Gasteiger partial charge < -0.3 is 4.42 Å². The van der Waals surface area contributed by atoms with Gasteiger partial charge in [0.15, 0.2) is 17.5 Å². The molecule has 0 aliphatic carbocycles. The number of hydrogen-bond acceptors (Lipinski definition) is 4. The molecule has 4 nitrogen and oxygen atoms in total. The normalized spacial score (nSPS) is 11.4. The van der Waals surface area contributed by atoms with Gasteiger partial charge in [0, 0.05) is 32.8 Å². The van der Waals surface area contributed by atoms with Gasteiger partial charge in [0.05, 0.1) is 0 Å². The fourth-order valence-corrected chi connectivity index (χ4v) is 6.41. The Morgan fingerprint density at radius 1 is 0.319 bits per heavy atom. The van der Waals surface area contributed by atoms with Crippen molar-refractivity contribution < 1.29 is 4.42 Å². The van der Waals surface area contributed by atoms with Crippen LogP contribution >= 0.6 is 0 Å². The van der Waals surface area contributed by atoms with E-state index in [0.29, 0.717) is 17.5 Å². The maximum absolute atomic E-state index is 6.63. The van der Waals surface area contributed by atoms with Crippen LogP contribution in [0, 0.1) is 0 Å². The predicted octanol–water partition coefficient (Wildman–Crippen LogP) is 11.3. The molecule has 47 heavy (non-hydrogen) atoms. The van der Waals surface area contributed by atoms with Crippen LogP contribution in [-0.2, 0) is 0 Å². The molecule has 220 valence electrons. The lowest BCUT2D eigenvalue weighted by atomic mass is 9.95. The molecule has 7 aromatic carbocycles. The van der Waals surface area contributed by atoms with Crippen molar-refractivity contribution in [3.8, 4) is 56.4 Å². The molecule has 0 unspecified atom stereocenters. The first-order valence-corrected chi connectivity index (χ1v) is 15.7. The van der Waals surface area contributed by atoms with Crippen LogP contribution in [0.4, 0.5) is 0 Å². The molecule has 0 aliphatic heterocycles. The first-order valence-electron chi connectivity index (χ1n) is 15.7. The van der Waals surface area contributed by atoms with Crippen molar-refractivity contribution in [1.82, 2.24) is 15.0 Å². The van der Waals surface area contributed by atoms with Crippen molar-refractivity contribution in [3.05, 3.63) is 164 Å². The van der Waals surface area contributed by atoms with Crippen molar-refractivity contribution >= 4 is 32.7 Å². The second-order valence-electron chi connectivity index (χ2n) is 11.6. The zero-order chi connectivity index (χ0) is 31.2. The Morgan fingerprint density at radius 3 is 1.49 bits per heavy atom. The molecule has 0 bridgehead atoms. The van der Waals surface area contributed by atoms with Gasteiger partial charge in [-0.3, -0.25) is 0 Å². The van der Waals surface area contributed by atoms with E-state index in [1.165, 1.54) is 16.5 Å². The van der Waals surface area contributed by atoms with Crippen molar-refractivity contribution in [3.63, 3.8) is 0 Å². The number of furan rings is 1. The number of hydrogen-bond donors (Lipinski definition) is 0. The predicted molar refractivity (Wildman–Crippen MR) is 192 cm³/mol. The van der Waals surface area contributed by atoms with E-state index in [1.807, 2.05) is 60.7 Å². The molecule has 9 rings (SSSR count). The number of nitrogens with zero attached hydrogens (tertiary/aromatic N) is 3. The van der Waals surface area contributed by atoms with E-state index in [9.17, 15) is 0 Å². The highest BCUT2D eigenvalue weighted by atomic mass is 16.3. The molecule has 4 heteroatoms. The SMILES string of the molecule is c1ccc(-c2nc(-c3ccccc3)nc(-c3cccc(-c4ccc5c(c4)oc4c6ccccc6c(-c6ccccc6)cc54)c3)n2)cc1. The van der Waals surface area contributed by atoms with E-state index >= 15 is 0 Å². The summed E-state index contributed by atoms with van der Waals surface area (Å²) in [5.74, 6) is 1.92. The van der Waals surface area contributed by atoms with E-state index in [-0.39, 0.29) is 0 Å².